The van der Waals surface area contributed by atoms with Gasteiger partial charge in [0.25, 0.3) is 0 Å². The molecule has 1 atom stereocenters. The van der Waals surface area contributed by atoms with Gasteiger partial charge in [0.1, 0.15) is 12.2 Å². The molecule has 0 saturated heterocycles. The van der Waals surface area contributed by atoms with Crippen molar-refractivity contribution in [1.29, 1.82) is 0 Å². The van der Waals surface area contributed by atoms with Crippen LogP contribution in [0.4, 0.5) is 0 Å². The zero-order valence-corrected chi connectivity index (χ0v) is 10.3. The van der Waals surface area contributed by atoms with Crippen molar-refractivity contribution in [2.45, 2.75) is 45.0 Å². The lowest BCUT2D eigenvalue weighted by atomic mass is 10.3. The van der Waals surface area contributed by atoms with E-state index in [0.717, 1.165) is 36.7 Å². The lowest BCUT2D eigenvalue weighted by Gasteiger charge is -2.08. The Labute approximate surface area is 95.6 Å². The average molecular weight is 228 g/mol. The van der Waals surface area contributed by atoms with Gasteiger partial charge in [0.2, 0.25) is 0 Å². The molecule has 2 N–H and O–H groups in total. The van der Waals surface area contributed by atoms with Crippen molar-refractivity contribution in [1.82, 2.24) is 14.8 Å². The molecular formula is C10H20N4S. The summed E-state index contributed by atoms with van der Waals surface area (Å²) in [6.07, 6.45) is 3.76. The first-order chi connectivity index (χ1) is 7.27. The Morgan fingerprint density at radius 3 is 3.00 bits per heavy atom. The van der Waals surface area contributed by atoms with E-state index in [1.54, 1.807) is 6.33 Å². The molecule has 1 unspecified atom stereocenters. The second-order valence-corrected chi connectivity index (χ2v) is 4.61. The topological polar surface area (TPSA) is 56.7 Å². The van der Waals surface area contributed by atoms with Crippen LogP contribution in [0.5, 0.6) is 0 Å². The molecule has 0 amide bonds. The highest BCUT2D eigenvalue weighted by molar-refractivity contribution is 7.98. The van der Waals surface area contributed by atoms with Crippen molar-refractivity contribution < 1.29 is 0 Å². The smallest absolute Gasteiger partial charge is 0.138 e. The molecule has 0 bridgehead atoms. The molecule has 0 spiro atoms. The van der Waals surface area contributed by atoms with E-state index in [9.17, 15) is 0 Å². The van der Waals surface area contributed by atoms with Gasteiger partial charge in [0.05, 0.1) is 5.75 Å². The van der Waals surface area contributed by atoms with Gasteiger partial charge in [-0.1, -0.05) is 13.8 Å². The second kappa shape index (κ2) is 6.85. The summed E-state index contributed by atoms with van der Waals surface area (Å²) in [5, 5.41) is 4.18. The van der Waals surface area contributed by atoms with Gasteiger partial charge in [-0.05, 0) is 12.8 Å². The van der Waals surface area contributed by atoms with Crippen LogP contribution in [0.2, 0.25) is 0 Å². The summed E-state index contributed by atoms with van der Waals surface area (Å²) in [7, 11) is 0. The van der Waals surface area contributed by atoms with Gasteiger partial charge >= 0.3 is 0 Å². The van der Waals surface area contributed by atoms with E-state index >= 15 is 0 Å². The molecule has 0 aliphatic carbocycles. The molecule has 0 saturated carbocycles. The van der Waals surface area contributed by atoms with E-state index in [0.29, 0.717) is 6.04 Å². The number of nitrogens with zero attached hydrogens (tertiary/aromatic N) is 3. The number of aryl methyl sites for hydroxylation is 1. The monoisotopic (exact) mass is 228 g/mol. The minimum Gasteiger partial charge on any atom is -0.327 e. The van der Waals surface area contributed by atoms with Crippen LogP contribution in [0, 0.1) is 0 Å². The van der Waals surface area contributed by atoms with E-state index in [1.807, 2.05) is 16.4 Å². The second-order valence-electron chi connectivity index (χ2n) is 3.58. The highest BCUT2D eigenvalue weighted by atomic mass is 32.2. The number of nitrogens with two attached hydrogens (primary N) is 1. The molecule has 0 aliphatic heterocycles. The van der Waals surface area contributed by atoms with E-state index in [1.165, 1.54) is 0 Å². The predicted octanol–water partition coefficient (Wildman–Crippen LogP) is 1.66. The summed E-state index contributed by atoms with van der Waals surface area (Å²) in [5.74, 6) is 2.97. The third-order valence-electron chi connectivity index (χ3n) is 2.22. The van der Waals surface area contributed by atoms with Crippen LogP contribution in [-0.4, -0.2) is 26.6 Å². The molecule has 0 aliphatic rings. The summed E-state index contributed by atoms with van der Waals surface area (Å²) in [5.41, 5.74) is 5.85. The molecule has 4 nitrogen and oxygen atoms in total. The highest BCUT2D eigenvalue weighted by Crippen LogP contribution is 2.11. The molecule has 0 fully saturated rings. The van der Waals surface area contributed by atoms with Gasteiger partial charge in [-0.3, -0.25) is 0 Å². The van der Waals surface area contributed by atoms with E-state index in [-0.39, 0.29) is 0 Å². The fourth-order valence-corrected chi connectivity index (χ4v) is 2.28. The molecular weight excluding hydrogens is 208 g/mol. The predicted molar refractivity (Wildman–Crippen MR) is 64.7 cm³/mol. The number of rotatable bonds is 7. The summed E-state index contributed by atoms with van der Waals surface area (Å²) in [4.78, 5) is 4.25. The first-order valence-electron chi connectivity index (χ1n) is 5.47. The Bertz CT molecular complexity index is 274. The number of hydrogen-bond acceptors (Lipinski definition) is 4. The molecule has 15 heavy (non-hydrogen) atoms. The van der Waals surface area contributed by atoms with Gasteiger partial charge in [0, 0.05) is 18.3 Å². The maximum Gasteiger partial charge on any atom is 0.138 e. The standard InChI is InChI=1S/C10H20N4S/c1-3-5-14-10(12-8-13-14)7-15-6-9(11)4-2/h8-9H,3-7,11H2,1-2H3. The molecule has 1 rings (SSSR count). The molecule has 0 radical (unpaired) electrons. The van der Waals surface area contributed by atoms with Crippen LogP contribution < -0.4 is 5.73 Å². The lowest BCUT2D eigenvalue weighted by Crippen LogP contribution is -2.21. The fourth-order valence-electron chi connectivity index (χ4n) is 1.22. The minimum atomic E-state index is 0.303. The summed E-state index contributed by atoms with van der Waals surface area (Å²) in [6.45, 7) is 5.21. The van der Waals surface area contributed by atoms with Crippen molar-refractivity contribution in [2.24, 2.45) is 5.73 Å². The van der Waals surface area contributed by atoms with Crippen molar-refractivity contribution >= 4 is 11.8 Å². The Balaban J connectivity index is 2.33. The van der Waals surface area contributed by atoms with Crippen LogP contribution in [0.15, 0.2) is 6.33 Å². The Morgan fingerprint density at radius 2 is 2.33 bits per heavy atom. The third kappa shape index (κ3) is 4.22. The lowest BCUT2D eigenvalue weighted by molar-refractivity contribution is 0.581. The summed E-state index contributed by atoms with van der Waals surface area (Å²) in [6, 6.07) is 0.303. The van der Waals surface area contributed by atoms with Crippen LogP contribution in [0.25, 0.3) is 0 Å². The van der Waals surface area contributed by atoms with Crippen LogP contribution in [0.3, 0.4) is 0 Å². The highest BCUT2D eigenvalue weighted by Gasteiger charge is 2.05. The van der Waals surface area contributed by atoms with Gasteiger partial charge in [0.15, 0.2) is 0 Å². The minimum absolute atomic E-state index is 0.303. The Kier molecular flexibility index (Phi) is 5.71. The number of hydrogen-bond donors (Lipinski definition) is 1. The van der Waals surface area contributed by atoms with Crippen LogP contribution >= 0.6 is 11.8 Å². The maximum atomic E-state index is 5.85. The van der Waals surface area contributed by atoms with E-state index in [4.69, 9.17) is 5.73 Å². The number of aromatic nitrogens is 3. The maximum absolute atomic E-state index is 5.85. The van der Waals surface area contributed by atoms with E-state index < -0.39 is 0 Å². The zero-order valence-electron chi connectivity index (χ0n) is 9.52. The van der Waals surface area contributed by atoms with Crippen molar-refractivity contribution in [3.05, 3.63) is 12.2 Å². The van der Waals surface area contributed by atoms with E-state index in [2.05, 4.69) is 23.9 Å². The molecule has 1 aromatic heterocycles. The Morgan fingerprint density at radius 1 is 1.53 bits per heavy atom. The summed E-state index contributed by atoms with van der Waals surface area (Å²) >= 11 is 1.84. The largest absolute Gasteiger partial charge is 0.327 e. The quantitative estimate of drug-likeness (QED) is 0.771. The number of thioether (sulfide) groups is 1. The van der Waals surface area contributed by atoms with Gasteiger partial charge in [-0.15, -0.1) is 0 Å². The third-order valence-corrected chi connectivity index (χ3v) is 3.34. The zero-order chi connectivity index (χ0) is 11.1. The molecule has 86 valence electrons. The molecule has 1 aromatic rings. The van der Waals surface area contributed by atoms with Gasteiger partial charge in [-0.2, -0.15) is 16.9 Å². The first-order valence-corrected chi connectivity index (χ1v) is 6.63. The molecule has 0 aromatic carbocycles. The van der Waals surface area contributed by atoms with Crippen molar-refractivity contribution in [2.75, 3.05) is 5.75 Å². The molecule has 1 heterocycles. The van der Waals surface area contributed by atoms with Crippen molar-refractivity contribution in [3.63, 3.8) is 0 Å². The summed E-state index contributed by atoms with van der Waals surface area (Å²) < 4.78 is 1.98. The first kappa shape index (κ1) is 12.5. The fraction of sp³-hybridized carbons (Fsp3) is 0.800. The normalized spacial score (nSPS) is 13.0. The SMILES string of the molecule is CCCn1ncnc1CSCC(N)CC. The Hall–Kier alpha value is -0.550. The van der Waals surface area contributed by atoms with Crippen molar-refractivity contribution in [3.8, 4) is 0 Å². The van der Waals surface area contributed by atoms with Gasteiger partial charge in [-0.25, -0.2) is 9.67 Å². The van der Waals surface area contributed by atoms with Crippen LogP contribution in [0.1, 0.15) is 32.5 Å². The average Bonchev–Trinajstić information content (AvgIpc) is 2.66. The van der Waals surface area contributed by atoms with Gasteiger partial charge < -0.3 is 5.73 Å². The van der Waals surface area contributed by atoms with Crippen LogP contribution in [-0.2, 0) is 12.3 Å². The molecule has 5 heteroatoms.